The summed E-state index contributed by atoms with van der Waals surface area (Å²) in [5.74, 6) is 3.36. The Hall–Kier alpha value is -2.99. The minimum absolute atomic E-state index is 0.148. The molecule has 1 aliphatic carbocycles. The third-order valence-corrected chi connectivity index (χ3v) is 8.99. The van der Waals surface area contributed by atoms with Crippen molar-refractivity contribution in [2.24, 2.45) is 0 Å². The van der Waals surface area contributed by atoms with Gasteiger partial charge in [0.1, 0.15) is 17.2 Å². The first-order chi connectivity index (χ1) is 21.8. The third kappa shape index (κ3) is 8.18. The minimum Gasteiger partial charge on any atom is -0.494 e. The van der Waals surface area contributed by atoms with Crippen molar-refractivity contribution >= 4 is 22.7 Å². The molecule has 5 nitrogen and oxygen atoms in total. The van der Waals surface area contributed by atoms with Crippen LogP contribution in [-0.2, 0) is 15.9 Å². The van der Waals surface area contributed by atoms with E-state index in [-0.39, 0.29) is 12.6 Å². The standard InChI is InChI=1S/C38H45ClO5/c39-23-4-1-5-24-40-31-17-15-29(16-18-31)38-34(28-13-19-32(20-14-28)43-36-11-2-6-25-41-36)10-8-9-30-27-33(21-22-35(30)38)44-37-12-3-7-26-42-37/h13-22,27,36-37H,1-12,23-26H2. The number of fused-ring (bicyclic) bond motifs is 1. The van der Waals surface area contributed by atoms with Gasteiger partial charge in [0.05, 0.1) is 19.8 Å². The van der Waals surface area contributed by atoms with Crippen molar-refractivity contribution in [1.82, 2.24) is 0 Å². The number of aryl methyl sites for hydroxylation is 1. The molecular formula is C38H45ClO5. The average Bonchev–Trinajstić information content (AvgIpc) is 3.26. The number of allylic oxidation sites excluding steroid dienone is 1. The second kappa shape index (κ2) is 15.8. The van der Waals surface area contributed by atoms with Crippen molar-refractivity contribution in [1.29, 1.82) is 0 Å². The Morgan fingerprint density at radius 1 is 0.636 bits per heavy atom. The van der Waals surface area contributed by atoms with Crippen molar-refractivity contribution in [3.8, 4) is 17.2 Å². The Morgan fingerprint density at radius 2 is 1.30 bits per heavy atom. The Bertz CT molecular complexity index is 1350. The van der Waals surface area contributed by atoms with Crippen LogP contribution in [-0.4, -0.2) is 38.3 Å². The summed E-state index contributed by atoms with van der Waals surface area (Å²) in [4.78, 5) is 0. The largest absolute Gasteiger partial charge is 0.494 e. The fourth-order valence-corrected chi connectivity index (χ4v) is 6.57. The number of unbranched alkanes of at least 4 members (excludes halogenated alkanes) is 2. The molecular weight excluding hydrogens is 572 g/mol. The van der Waals surface area contributed by atoms with E-state index in [2.05, 4.69) is 66.7 Å². The van der Waals surface area contributed by atoms with Gasteiger partial charge in [-0.25, -0.2) is 0 Å². The van der Waals surface area contributed by atoms with Gasteiger partial charge in [-0.2, -0.15) is 0 Å². The zero-order chi connectivity index (χ0) is 30.0. The molecule has 6 rings (SSSR count). The molecule has 0 N–H and O–H groups in total. The first-order valence-corrected chi connectivity index (χ1v) is 17.1. The van der Waals surface area contributed by atoms with Gasteiger partial charge < -0.3 is 23.7 Å². The zero-order valence-corrected chi connectivity index (χ0v) is 26.5. The van der Waals surface area contributed by atoms with E-state index in [1.165, 1.54) is 33.4 Å². The SMILES string of the molecule is ClCCCCCOc1ccc(C2=C(c3ccc(OC4CCCCO4)cc3)CCCc3cc(OC4CCCCO4)ccc32)cc1. The molecule has 2 saturated heterocycles. The van der Waals surface area contributed by atoms with Crippen molar-refractivity contribution < 1.29 is 23.7 Å². The summed E-state index contributed by atoms with van der Waals surface area (Å²) < 4.78 is 30.2. The van der Waals surface area contributed by atoms with E-state index in [4.69, 9.17) is 35.3 Å². The molecule has 0 spiro atoms. The first kappa shape index (κ1) is 31.0. The smallest absolute Gasteiger partial charge is 0.199 e. The number of halogens is 1. The number of hydrogen-bond acceptors (Lipinski definition) is 5. The lowest BCUT2D eigenvalue weighted by Crippen LogP contribution is -2.25. The molecule has 3 aliphatic rings. The lowest BCUT2D eigenvalue weighted by atomic mass is 9.88. The van der Waals surface area contributed by atoms with Crippen LogP contribution < -0.4 is 14.2 Å². The maximum absolute atomic E-state index is 6.28. The van der Waals surface area contributed by atoms with Crippen LogP contribution in [0.3, 0.4) is 0 Å². The van der Waals surface area contributed by atoms with Crippen molar-refractivity contribution in [2.45, 2.75) is 89.6 Å². The Balaban J connectivity index is 1.29. The van der Waals surface area contributed by atoms with Crippen LogP contribution in [0.1, 0.15) is 92.9 Å². The van der Waals surface area contributed by atoms with Crippen molar-refractivity contribution in [2.75, 3.05) is 25.7 Å². The molecule has 0 saturated carbocycles. The van der Waals surface area contributed by atoms with E-state index in [1.807, 2.05) is 0 Å². The van der Waals surface area contributed by atoms with E-state index in [9.17, 15) is 0 Å². The van der Waals surface area contributed by atoms with Crippen LogP contribution >= 0.6 is 11.6 Å². The van der Waals surface area contributed by atoms with Gasteiger partial charge in [0.15, 0.2) is 12.6 Å². The fourth-order valence-electron chi connectivity index (χ4n) is 6.38. The van der Waals surface area contributed by atoms with Gasteiger partial charge in [0.25, 0.3) is 0 Å². The highest BCUT2D eigenvalue weighted by Gasteiger charge is 2.23. The van der Waals surface area contributed by atoms with Crippen LogP contribution in [0.5, 0.6) is 17.2 Å². The number of benzene rings is 3. The van der Waals surface area contributed by atoms with Crippen molar-refractivity contribution in [3.05, 3.63) is 89.0 Å². The van der Waals surface area contributed by atoms with Gasteiger partial charge >= 0.3 is 0 Å². The lowest BCUT2D eigenvalue weighted by molar-refractivity contribution is -0.106. The predicted molar refractivity (Wildman–Crippen MR) is 177 cm³/mol. The molecule has 2 fully saturated rings. The van der Waals surface area contributed by atoms with Gasteiger partial charge in [0, 0.05) is 18.7 Å². The van der Waals surface area contributed by atoms with Gasteiger partial charge in [-0.1, -0.05) is 30.3 Å². The predicted octanol–water partition coefficient (Wildman–Crippen LogP) is 9.58. The normalized spacial score (nSPS) is 20.5. The van der Waals surface area contributed by atoms with E-state index >= 15 is 0 Å². The van der Waals surface area contributed by atoms with E-state index in [0.29, 0.717) is 12.5 Å². The van der Waals surface area contributed by atoms with Crippen LogP contribution in [0.25, 0.3) is 11.1 Å². The molecule has 2 unspecified atom stereocenters. The van der Waals surface area contributed by atoms with Crippen LogP contribution in [0.15, 0.2) is 66.7 Å². The Labute approximate surface area is 267 Å². The first-order valence-electron chi connectivity index (χ1n) is 16.6. The van der Waals surface area contributed by atoms with Crippen LogP contribution in [0, 0.1) is 0 Å². The summed E-state index contributed by atoms with van der Waals surface area (Å²) in [6.07, 6.45) is 12.3. The van der Waals surface area contributed by atoms with Gasteiger partial charge in [-0.3, -0.25) is 0 Å². The third-order valence-electron chi connectivity index (χ3n) is 8.72. The average molecular weight is 617 g/mol. The number of alkyl halides is 1. The van der Waals surface area contributed by atoms with Gasteiger partial charge in [0.2, 0.25) is 0 Å². The van der Waals surface area contributed by atoms with E-state index < -0.39 is 0 Å². The summed E-state index contributed by atoms with van der Waals surface area (Å²) in [5.41, 5.74) is 7.62. The summed E-state index contributed by atoms with van der Waals surface area (Å²) in [6, 6.07) is 23.8. The Morgan fingerprint density at radius 3 is 1.98 bits per heavy atom. The molecule has 0 radical (unpaired) electrons. The maximum Gasteiger partial charge on any atom is 0.199 e. The highest BCUT2D eigenvalue weighted by atomic mass is 35.5. The van der Waals surface area contributed by atoms with Crippen molar-refractivity contribution in [3.63, 3.8) is 0 Å². The summed E-state index contributed by atoms with van der Waals surface area (Å²) in [5, 5.41) is 0. The highest BCUT2D eigenvalue weighted by molar-refractivity contribution is 6.17. The monoisotopic (exact) mass is 616 g/mol. The summed E-state index contributed by atoms with van der Waals surface area (Å²) in [7, 11) is 0. The molecule has 2 aliphatic heterocycles. The molecule has 6 heteroatoms. The second-order valence-electron chi connectivity index (χ2n) is 12.0. The Kier molecular flexibility index (Phi) is 11.2. The molecule has 44 heavy (non-hydrogen) atoms. The number of ether oxygens (including phenoxy) is 5. The summed E-state index contributed by atoms with van der Waals surface area (Å²) in [6.45, 7) is 2.26. The quantitative estimate of drug-likeness (QED) is 0.150. The topological polar surface area (TPSA) is 46.2 Å². The van der Waals surface area contributed by atoms with Gasteiger partial charge in [-0.05, 0) is 134 Å². The minimum atomic E-state index is -0.152. The second-order valence-corrected chi connectivity index (χ2v) is 12.4. The number of hydrogen-bond donors (Lipinski definition) is 0. The zero-order valence-electron chi connectivity index (χ0n) is 25.7. The molecule has 3 aromatic rings. The molecule has 0 amide bonds. The molecule has 3 aromatic carbocycles. The van der Waals surface area contributed by atoms with E-state index in [1.54, 1.807) is 0 Å². The lowest BCUT2D eigenvalue weighted by Gasteiger charge is -2.24. The summed E-state index contributed by atoms with van der Waals surface area (Å²) >= 11 is 5.82. The number of rotatable bonds is 12. The van der Waals surface area contributed by atoms with E-state index in [0.717, 1.165) is 108 Å². The molecule has 0 aromatic heterocycles. The highest BCUT2D eigenvalue weighted by Crippen LogP contribution is 2.41. The van der Waals surface area contributed by atoms with Crippen LogP contribution in [0.4, 0.5) is 0 Å². The molecule has 234 valence electrons. The molecule has 0 bridgehead atoms. The maximum atomic E-state index is 6.28. The fraction of sp³-hybridized carbons (Fsp3) is 0.474. The molecule has 2 atom stereocenters. The molecule has 2 heterocycles. The van der Waals surface area contributed by atoms with Crippen LogP contribution in [0.2, 0.25) is 0 Å². The van der Waals surface area contributed by atoms with Gasteiger partial charge in [-0.15, -0.1) is 11.6 Å².